The smallest absolute Gasteiger partial charge is 0.218 e. The van der Waals surface area contributed by atoms with Gasteiger partial charge in [-0.3, -0.25) is 4.98 Å². The zero-order chi connectivity index (χ0) is 29.1. The average Bonchev–Trinajstić information content (AvgIpc) is 3.02. The van der Waals surface area contributed by atoms with E-state index in [4.69, 9.17) is 26.1 Å². The maximum absolute atomic E-state index is 7.10. The number of methoxy groups -OCH3 is 1. The molecule has 0 unspecified atom stereocenters. The molecule has 5 aromatic rings. The number of hydrogen-bond donors (Lipinski definition) is 2. The summed E-state index contributed by atoms with van der Waals surface area (Å²) in [5, 5.41) is 7.73. The van der Waals surface area contributed by atoms with Gasteiger partial charge in [0.15, 0.2) is 5.82 Å². The van der Waals surface area contributed by atoms with Crippen molar-refractivity contribution < 1.29 is 9.47 Å². The van der Waals surface area contributed by atoms with Crippen molar-refractivity contribution in [3.8, 4) is 28.3 Å². The molecule has 4 heterocycles. The number of ether oxygens (including phenoxy) is 2. The van der Waals surface area contributed by atoms with Gasteiger partial charge >= 0.3 is 0 Å². The lowest BCUT2D eigenvalue weighted by atomic mass is 9.96. The van der Waals surface area contributed by atoms with Crippen LogP contribution in [0.2, 0.25) is 5.02 Å². The molecule has 8 nitrogen and oxygen atoms in total. The number of hydrogen-bond acceptors (Lipinski definition) is 8. The van der Waals surface area contributed by atoms with E-state index in [1.807, 2.05) is 55.5 Å². The van der Waals surface area contributed by atoms with Crippen LogP contribution in [-0.2, 0) is 11.3 Å². The fraction of sp³-hybridized carbons (Fsp3) is 0.273. The van der Waals surface area contributed by atoms with Gasteiger partial charge in [0.2, 0.25) is 5.88 Å². The molecular weight excluding hydrogens is 548 g/mol. The molecule has 9 heteroatoms. The van der Waals surface area contributed by atoms with Crippen LogP contribution < -0.4 is 15.4 Å². The van der Waals surface area contributed by atoms with Gasteiger partial charge in [0.1, 0.15) is 11.3 Å². The Kier molecular flexibility index (Phi) is 8.28. The number of rotatable bonds is 8. The van der Waals surface area contributed by atoms with E-state index >= 15 is 0 Å². The number of nitrogens with zero attached hydrogens (tertiary/aromatic N) is 4. The SMILES string of the molecule is COc1nc(-c2cccc(-c3cccc(Nc4nc(C)nc5cccnc45)c3C)c2Cl)ccc1CNC1CCOCC1. The largest absolute Gasteiger partial charge is 0.481 e. The van der Waals surface area contributed by atoms with Crippen LogP contribution in [0.15, 0.2) is 66.9 Å². The van der Waals surface area contributed by atoms with E-state index in [1.54, 1.807) is 13.3 Å². The fourth-order valence-electron chi connectivity index (χ4n) is 5.39. The topological polar surface area (TPSA) is 94.1 Å². The third-order valence-electron chi connectivity index (χ3n) is 7.65. The van der Waals surface area contributed by atoms with E-state index in [0.29, 0.717) is 35.1 Å². The molecule has 3 aromatic heterocycles. The van der Waals surface area contributed by atoms with Crippen LogP contribution in [0.3, 0.4) is 0 Å². The van der Waals surface area contributed by atoms with E-state index < -0.39 is 0 Å². The maximum Gasteiger partial charge on any atom is 0.218 e. The fourth-order valence-corrected chi connectivity index (χ4v) is 5.71. The first-order valence-corrected chi connectivity index (χ1v) is 14.5. The van der Waals surface area contributed by atoms with Crippen molar-refractivity contribution in [2.75, 3.05) is 25.6 Å². The molecule has 1 aliphatic rings. The molecule has 2 N–H and O–H groups in total. The second-order valence-electron chi connectivity index (χ2n) is 10.4. The normalized spacial score (nSPS) is 13.8. The van der Waals surface area contributed by atoms with Crippen molar-refractivity contribution in [1.82, 2.24) is 25.3 Å². The molecule has 0 radical (unpaired) electrons. The van der Waals surface area contributed by atoms with Crippen LogP contribution >= 0.6 is 11.6 Å². The van der Waals surface area contributed by atoms with Crippen LogP contribution in [0.25, 0.3) is 33.4 Å². The zero-order valence-corrected chi connectivity index (χ0v) is 24.7. The average molecular weight is 581 g/mol. The summed E-state index contributed by atoms with van der Waals surface area (Å²) in [6.07, 6.45) is 3.77. The van der Waals surface area contributed by atoms with Crippen molar-refractivity contribution in [3.05, 3.63) is 88.8 Å². The second-order valence-corrected chi connectivity index (χ2v) is 10.8. The van der Waals surface area contributed by atoms with Gasteiger partial charge in [-0.05, 0) is 62.1 Å². The third-order valence-corrected chi connectivity index (χ3v) is 8.06. The summed E-state index contributed by atoms with van der Waals surface area (Å²) in [6, 6.07) is 20.5. The summed E-state index contributed by atoms with van der Waals surface area (Å²) >= 11 is 7.10. The number of benzene rings is 2. The van der Waals surface area contributed by atoms with Gasteiger partial charge < -0.3 is 20.1 Å². The molecule has 2 aromatic carbocycles. The Hall–Kier alpha value is -4.11. The summed E-state index contributed by atoms with van der Waals surface area (Å²) in [6.45, 7) is 6.24. The molecule has 1 saturated heterocycles. The van der Waals surface area contributed by atoms with Crippen LogP contribution in [0, 0.1) is 13.8 Å². The van der Waals surface area contributed by atoms with Crippen LogP contribution in [-0.4, -0.2) is 46.3 Å². The number of nitrogens with one attached hydrogen (secondary N) is 2. The van der Waals surface area contributed by atoms with Crippen LogP contribution in [0.1, 0.15) is 29.8 Å². The number of aryl methyl sites for hydroxylation is 1. The van der Waals surface area contributed by atoms with Crippen molar-refractivity contribution >= 4 is 34.1 Å². The number of anilines is 2. The molecule has 0 saturated carbocycles. The van der Waals surface area contributed by atoms with E-state index in [0.717, 1.165) is 76.3 Å². The van der Waals surface area contributed by atoms with Crippen molar-refractivity contribution in [3.63, 3.8) is 0 Å². The summed E-state index contributed by atoms with van der Waals surface area (Å²) in [4.78, 5) is 18.5. The van der Waals surface area contributed by atoms with Crippen LogP contribution in [0.5, 0.6) is 5.88 Å². The van der Waals surface area contributed by atoms with Gasteiger partial charge in [0, 0.05) is 54.4 Å². The Balaban J connectivity index is 1.30. The summed E-state index contributed by atoms with van der Waals surface area (Å²) < 4.78 is 11.2. The number of halogens is 1. The molecule has 0 atom stereocenters. The molecule has 1 fully saturated rings. The van der Waals surface area contributed by atoms with Gasteiger partial charge in [-0.25, -0.2) is 15.0 Å². The van der Waals surface area contributed by atoms with Crippen molar-refractivity contribution in [1.29, 1.82) is 0 Å². The van der Waals surface area contributed by atoms with Gasteiger partial charge in [-0.15, -0.1) is 0 Å². The summed E-state index contributed by atoms with van der Waals surface area (Å²) in [7, 11) is 1.65. The molecule has 214 valence electrons. The first kappa shape index (κ1) is 28.0. The molecule has 0 bridgehead atoms. The lowest BCUT2D eigenvalue weighted by Gasteiger charge is -2.23. The Morgan fingerprint density at radius 1 is 0.905 bits per heavy atom. The van der Waals surface area contributed by atoms with E-state index in [1.165, 1.54) is 0 Å². The highest BCUT2D eigenvalue weighted by Gasteiger charge is 2.18. The number of fused-ring (bicyclic) bond motifs is 1. The summed E-state index contributed by atoms with van der Waals surface area (Å²) in [5.41, 5.74) is 8.02. The lowest BCUT2D eigenvalue weighted by Crippen LogP contribution is -2.34. The highest BCUT2D eigenvalue weighted by Crippen LogP contribution is 2.40. The second kappa shape index (κ2) is 12.4. The number of aromatic nitrogens is 4. The minimum atomic E-state index is 0.441. The molecule has 1 aliphatic heterocycles. The minimum absolute atomic E-state index is 0.441. The van der Waals surface area contributed by atoms with Crippen molar-refractivity contribution in [2.45, 2.75) is 39.3 Å². The maximum atomic E-state index is 7.10. The van der Waals surface area contributed by atoms with Crippen molar-refractivity contribution in [2.24, 2.45) is 0 Å². The Bertz CT molecular complexity index is 1740. The lowest BCUT2D eigenvalue weighted by molar-refractivity contribution is 0.0775. The molecule has 42 heavy (non-hydrogen) atoms. The van der Waals surface area contributed by atoms with E-state index in [-0.39, 0.29) is 0 Å². The van der Waals surface area contributed by atoms with Gasteiger partial charge in [-0.2, -0.15) is 0 Å². The monoisotopic (exact) mass is 580 g/mol. The first-order chi connectivity index (χ1) is 20.5. The zero-order valence-electron chi connectivity index (χ0n) is 23.9. The third kappa shape index (κ3) is 5.79. The Morgan fingerprint density at radius 2 is 1.69 bits per heavy atom. The highest BCUT2D eigenvalue weighted by molar-refractivity contribution is 6.36. The predicted octanol–water partition coefficient (Wildman–Crippen LogP) is 7.04. The molecular formula is C33H33ClN6O2. The molecule has 0 spiro atoms. The van der Waals surface area contributed by atoms with Crippen LogP contribution in [0.4, 0.5) is 11.5 Å². The first-order valence-electron chi connectivity index (χ1n) is 14.1. The summed E-state index contributed by atoms with van der Waals surface area (Å²) in [5.74, 6) is 1.94. The molecule has 0 aliphatic carbocycles. The molecule has 0 amide bonds. The van der Waals surface area contributed by atoms with Gasteiger partial charge in [0.25, 0.3) is 0 Å². The quantitative estimate of drug-likeness (QED) is 0.202. The standard InChI is InChI=1S/C33H33ClN6O2/c1-20-24(7-5-10-27(20)39-32-31-29(11-6-16-35-31)37-21(2)38-32)25-8-4-9-26(30(25)34)28-13-12-22(33(40-28)41-3)19-36-23-14-17-42-18-15-23/h4-13,16,23,36H,14-15,17-19H2,1-3H3,(H,37,38,39). The molecule has 6 rings (SSSR count). The Morgan fingerprint density at radius 3 is 2.52 bits per heavy atom. The minimum Gasteiger partial charge on any atom is -0.481 e. The van der Waals surface area contributed by atoms with Gasteiger partial charge in [0.05, 0.1) is 23.3 Å². The van der Waals surface area contributed by atoms with E-state index in [2.05, 4.69) is 44.6 Å². The predicted molar refractivity (Wildman–Crippen MR) is 167 cm³/mol. The number of pyridine rings is 2. The van der Waals surface area contributed by atoms with Gasteiger partial charge in [-0.1, -0.05) is 48.0 Å². The highest BCUT2D eigenvalue weighted by atomic mass is 35.5. The Labute approximate surface area is 250 Å². The van der Waals surface area contributed by atoms with E-state index in [9.17, 15) is 0 Å².